The van der Waals surface area contributed by atoms with Crippen LogP contribution in [-0.2, 0) is 0 Å². The number of benzene rings is 1. The predicted octanol–water partition coefficient (Wildman–Crippen LogP) is 3.00. The zero-order chi connectivity index (χ0) is 14.5. The first-order valence-electron chi connectivity index (χ1n) is 7.49. The third-order valence-electron chi connectivity index (χ3n) is 4.31. The lowest BCUT2D eigenvalue weighted by atomic mass is 9.81. The molecule has 1 aromatic carbocycles. The highest BCUT2D eigenvalue weighted by atomic mass is 16.1. The Balaban J connectivity index is 1.86. The van der Waals surface area contributed by atoms with Crippen molar-refractivity contribution in [2.75, 3.05) is 17.6 Å². The number of hydrogen-bond donors (Lipinski definition) is 3. The van der Waals surface area contributed by atoms with E-state index < -0.39 is 5.91 Å². The first-order valence-corrected chi connectivity index (χ1v) is 7.49. The lowest BCUT2D eigenvalue weighted by Crippen LogP contribution is -2.18. The van der Waals surface area contributed by atoms with Gasteiger partial charge >= 0.3 is 0 Å². The smallest absolute Gasteiger partial charge is 0.250 e. The molecule has 110 valence electrons. The average Bonchev–Trinajstić information content (AvgIpc) is 2.42. The van der Waals surface area contributed by atoms with Crippen molar-refractivity contribution in [1.29, 1.82) is 0 Å². The fraction of sp³-hybridized carbons (Fsp3) is 0.562. The SMILES string of the molecule is CC1CCC(CCNc2ccc(N)cc2C(N)=O)CC1. The largest absolute Gasteiger partial charge is 0.399 e. The van der Waals surface area contributed by atoms with Gasteiger partial charge in [0.1, 0.15) is 0 Å². The summed E-state index contributed by atoms with van der Waals surface area (Å²) in [5.41, 5.74) is 12.9. The summed E-state index contributed by atoms with van der Waals surface area (Å²) >= 11 is 0. The molecule has 0 aliphatic heterocycles. The molecule has 0 atom stereocenters. The molecule has 20 heavy (non-hydrogen) atoms. The maximum Gasteiger partial charge on any atom is 0.250 e. The number of amides is 1. The van der Waals surface area contributed by atoms with Crippen molar-refractivity contribution in [3.8, 4) is 0 Å². The van der Waals surface area contributed by atoms with Gasteiger partial charge in [-0.15, -0.1) is 0 Å². The Morgan fingerprint density at radius 3 is 2.65 bits per heavy atom. The van der Waals surface area contributed by atoms with E-state index >= 15 is 0 Å². The van der Waals surface area contributed by atoms with E-state index in [0.717, 1.165) is 30.5 Å². The second kappa shape index (κ2) is 6.64. The Morgan fingerprint density at radius 2 is 2.00 bits per heavy atom. The summed E-state index contributed by atoms with van der Waals surface area (Å²) in [7, 11) is 0. The average molecular weight is 275 g/mol. The quantitative estimate of drug-likeness (QED) is 0.722. The molecule has 0 spiro atoms. The molecule has 0 heterocycles. The van der Waals surface area contributed by atoms with Crippen molar-refractivity contribution in [2.24, 2.45) is 17.6 Å². The van der Waals surface area contributed by atoms with Crippen LogP contribution >= 0.6 is 0 Å². The molecule has 2 rings (SSSR count). The molecule has 1 fully saturated rings. The van der Waals surface area contributed by atoms with Crippen LogP contribution in [0.5, 0.6) is 0 Å². The van der Waals surface area contributed by atoms with Gasteiger partial charge in [0.15, 0.2) is 0 Å². The molecule has 1 aromatic rings. The van der Waals surface area contributed by atoms with Gasteiger partial charge in [0, 0.05) is 17.9 Å². The molecular formula is C16H25N3O. The highest BCUT2D eigenvalue weighted by Gasteiger charge is 2.18. The van der Waals surface area contributed by atoms with E-state index in [9.17, 15) is 4.79 Å². The Hall–Kier alpha value is -1.71. The molecule has 4 nitrogen and oxygen atoms in total. The zero-order valence-corrected chi connectivity index (χ0v) is 12.2. The highest BCUT2D eigenvalue weighted by Crippen LogP contribution is 2.30. The number of hydrogen-bond acceptors (Lipinski definition) is 3. The molecule has 1 aliphatic rings. The van der Waals surface area contributed by atoms with Crippen LogP contribution in [0.25, 0.3) is 0 Å². The third-order valence-corrected chi connectivity index (χ3v) is 4.31. The summed E-state index contributed by atoms with van der Waals surface area (Å²) in [4.78, 5) is 11.4. The van der Waals surface area contributed by atoms with E-state index in [1.165, 1.54) is 25.7 Å². The minimum absolute atomic E-state index is 0.439. The van der Waals surface area contributed by atoms with Gasteiger partial charge in [-0.25, -0.2) is 0 Å². The minimum atomic E-state index is -0.439. The van der Waals surface area contributed by atoms with Gasteiger partial charge in [-0.1, -0.05) is 32.6 Å². The van der Waals surface area contributed by atoms with Crippen molar-refractivity contribution >= 4 is 17.3 Å². The molecule has 1 amide bonds. The van der Waals surface area contributed by atoms with Gasteiger partial charge in [0.25, 0.3) is 5.91 Å². The molecule has 1 aliphatic carbocycles. The summed E-state index contributed by atoms with van der Waals surface area (Å²) in [6.07, 6.45) is 6.49. The summed E-state index contributed by atoms with van der Waals surface area (Å²) in [5.74, 6) is 1.26. The zero-order valence-electron chi connectivity index (χ0n) is 12.2. The van der Waals surface area contributed by atoms with Gasteiger partial charge in [-0.2, -0.15) is 0 Å². The molecule has 0 bridgehead atoms. The van der Waals surface area contributed by atoms with E-state index in [1.54, 1.807) is 12.1 Å². The first-order chi connectivity index (χ1) is 9.56. The third kappa shape index (κ3) is 3.89. The lowest BCUT2D eigenvalue weighted by Gasteiger charge is -2.26. The Bertz CT molecular complexity index is 465. The van der Waals surface area contributed by atoms with Crippen molar-refractivity contribution in [1.82, 2.24) is 0 Å². The molecular weight excluding hydrogens is 250 g/mol. The number of rotatable bonds is 5. The second-order valence-corrected chi connectivity index (χ2v) is 6.01. The molecule has 0 radical (unpaired) electrons. The summed E-state index contributed by atoms with van der Waals surface area (Å²) < 4.78 is 0. The van der Waals surface area contributed by atoms with Crippen molar-refractivity contribution in [3.05, 3.63) is 23.8 Å². The fourth-order valence-electron chi connectivity index (χ4n) is 2.95. The number of carbonyl (C=O) groups excluding carboxylic acids is 1. The summed E-state index contributed by atoms with van der Waals surface area (Å²) in [6.45, 7) is 3.21. The maximum absolute atomic E-state index is 11.4. The van der Waals surface area contributed by atoms with E-state index in [2.05, 4.69) is 12.2 Å². The number of nitrogens with one attached hydrogen (secondary N) is 1. The fourth-order valence-corrected chi connectivity index (χ4v) is 2.95. The summed E-state index contributed by atoms with van der Waals surface area (Å²) in [6, 6.07) is 5.25. The van der Waals surface area contributed by atoms with Crippen LogP contribution in [0.1, 0.15) is 49.4 Å². The van der Waals surface area contributed by atoms with Gasteiger partial charge in [-0.05, 0) is 36.5 Å². The molecule has 0 aromatic heterocycles. The second-order valence-electron chi connectivity index (χ2n) is 6.01. The predicted molar refractivity (Wildman–Crippen MR) is 83.6 cm³/mol. The molecule has 5 N–H and O–H groups in total. The summed E-state index contributed by atoms with van der Waals surface area (Å²) in [5, 5.41) is 3.32. The van der Waals surface area contributed by atoms with E-state index in [-0.39, 0.29) is 0 Å². The Labute approximate surface area is 120 Å². The Morgan fingerprint density at radius 1 is 1.30 bits per heavy atom. The first kappa shape index (κ1) is 14.7. The van der Waals surface area contributed by atoms with Crippen LogP contribution in [0.15, 0.2) is 18.2 Å². The highest BCUT2D eigenvalue weighted by molar-refractivity contribution is 5.99. The monoisotopic (exact) mass is 275 g/mol. The topological polar surface area (TPSA) is 81.1 Å². The van der Waals surface area contributed by atoms with Crippen molar-refractivity contribution in [2.45, 2.75) is 39.0 Å². The van der Waals surface area contributed by atoms with Crippen LogP contribution in [0, 0.1) is 11.8 Å². The Kier molecular flexibility index (Phi) is 4.88. The van der Waals surface area contributed by atoms with Gasteiger partial charge < -0.3 is 16.8 Å². The van der Waals surface area contributed by atoms with Crippen LogP contribution < -0.4 is 16.8 Å². The van der Waals surface area contributed by atoms with Gasteiger partial charge in [0.05, 0.1) is 5.56 Å². The maximum atomic E-state index is 11.4. The van der Waals surface area contributed by atoms with E-state index in [0.29, 0.717) is 11.3 Å². The molecule has 4 heteroatoms. The number of primary amides is 1. The number of nitrogens with two attached hydrogens (primary N) is 2. The van der Waals surface area contributed by atoms with E-state index in [4.69, 9.17) is 11.5 Å². The van der Waals surface area contributed by atoms with E-state index in [1.807, 2.05) is 6.07 Å². The molecule has 1 saturated carbocycles. The molecule has 0 unspecified atom stereocenters. The minimum Gasteiger partial charge on any atom is -0.399 e. The van der Waals surface area contributed by atoms with Crippen LogP contribution in [0.3, 0.4) is 0 Å². The van der Waals surface area contributed by atoms with Crippen molar-refractivity contribution in [3.63, 3.8) is 0 Å². The normalized spacial score (nSPS) is 22.4. The number of carbonyl (C=O) groups is 1. The number of nitrogen functional groups attached to an aromatic ring is 1. The number of anilines is 2. The lowest BCUT2D eigenvalue weighted by molar-refractivity contribution is 0.100. The van der Waals surface area contributed by atoms with Crippen LogP contribution in [-0.4, -0.2) is 12.5 Å². The van der Waals surface area contributed by atoms with Crippen LogP contribution in [0.2, 0.25) is 0 Å². The van der Waals surface area contributed by atoms with Gasteiger partial charge in [-0.3, -0.25) is 4.79 Å². The van der Waals surface area contributed by atoms with Gasteiger partial charge in [0.2, 0.25) is 0 Å². The van der Waals surface area contributed by atoms with Crippen molar-refractivity contribution < 1.29 is 4.79 Å². The van der Waals surface area contributed by atoms with Crippen LogP contribution in [0.4, 0.5) is 11.4 Å². The molecule has 0 saturated heterocycles. The standard InChI is InChI=1S/C16H25N3O/c1-11-2-4-12(5-3-11)8-9-19-15-7-6-13(17)10-14(15)16(18)20/h6-7,10-12,19H,2-5,8-9,17H2,1H3,(H2,18,20).